The van der Waals surface area contributed by atoms with Crippen LogP contribution in [-0.4, -0.2) is 31.8 Å². The highest BCUT2D eigenvalue weighted by atomic mass is 16.8. The summed E-state index contributed by atoms with van der Waals surface area (Å²) in [6.07, 6.45) is 1.70. The monoisotopic (exact) mass is 226 g/mol. The predicted octanol–water partition coefficient (Wildman–Crippen LogP) is 0.797. The smallest absolute Gasteiger partial charge is 0.337 e. The van der Waals surface area contributed by atoms with E-state index in [-0.39, 0.29) is 36.5 Å². The van der Waals surface area contributed by atoms with Crippen molar-refractivity contribution in [2.24, 2.45) is 11.8 Å². The Labute approximate surface area is 93.3 Å². The predicted molar refractivity (Wildman–Crippen MR) is 52.0 cm³/mol. The minimum atomic E-state index is -0.316. The fraction of sp³-hybridized carbons (Fsp3) is 0.727. The molecule has 0 aromatic carbocycles. The zero-order chi connectivity index (χ0) is 11.3. The normalized spacial score (nSPS) is 44.6. The van der Waals surface area contributed by atoms with Crippen molar-refractivity contribution in [1.82, 2.24) is 0 Å². The largest absolute Gasteiger partial charge is 0.471 e. The fourth-order valence-corrected chi connectivity index (χ4v) is 2.82. The highest BCUT2D eigenvalue weighted by Gasteiger charge is 2.53. The average Bonchev–Trinajstić information content (AvgIpc) is 2.27. The second-order valence-corrected chi connectivity index (χ2v) is 4.40. The lowest BCUT2D eigenvalue weighted by Gasteiger charge is -2.51. The van der Waals surface area contributed by atoms with Crippen molar-refractivity contribution in [3.63, 3.8) is 0 Å². The van der Waals surface area contributed by atoms with Gasteiger partial charge in [0.25, 0.3) is 0 Å². The molecule has 4 aliphatic heterocycles. The first-order chi connectivity index (χ1) is 7.70. The van der Waals surface area contributed by atoms with Gasteiger partial charge in [0.05, 0.1) is 31.0 Å². The first-order valence-corrected chi connectivity index (χ1v) is 5.45. The van der Waals surface area contributed by atoms with Crippen LogP contribution in [0.4, 0.5) is 0 Å². The van der Waals surface area contributed by atoms with Gasteiger partial charge in [-0.3, -0.25) is 0 Å². The van der Waals surface area contributed by atoms with Gasteiger partial charge >= 0.3 is 5.97 Å². The van der Waals surface area contributed by atoms with Crippen molar-refractivity contribution < 1.29 is 23.7 Å². The van der Waals surface area contributed by atoms with Gasteiger partial charge in [0, 0.05) is 12.3 Å². The Bertz CT molecular complexity index is 350. The summed E-state index contributed by atoms with van der Waals surface area (Å²) in [4.78, 5) is 11.6. The second-order valence-electron chi connectivity index (χ2n) is 4.40. The third kappa shape index (κ3) is 1.28. The van der Waals surface area contributed by atoms with E-state index in [0.717, 1.165) is 0 Å². The van der Waals surface area contributed by atoms with Gasteiger partial charge in [-0.05, 0) is 6.92 Å². The van der Waals surface area contributed by atoms with Gasteiger partial charge in [-0.15, -0.1) is 0 Å². The molecule has 4 heterocycles. The molecule has 0 aliphatic carbocycles. The zero-order valence-electron chi connectivity index (χ0n) is 9.21. The van der Waals surface area contributed by atoms with E-state index in [4.69, 9.17) is 18.9 Å². The van der Waals surface area contributed by atoms with E-state index < -0.39 is 0 Å². The van der Waals surface area contributed by atoms with Crippen molar-refractivity contribution >= 4 is 5.97 Å². The van der Waals surface area contributed by atoms with Crippen molar-refractivity contribution in [2.75, 3.05) is 7.11 Å². The zero-order valence-corrected chi connectivity index (χ0v) is 9.21. The van der Waals surface area contributed by atoms with Gasteiger partial charge in [-0.25, -0.2) is 4.79 Å². The number of rotatable bonds is 1. The Morgan fingerprint density at radius 1 is 1.50 bits per heavy atom. The van der Waals surface area contributed by atoms with E-state index in [1.807, 2.05) is 6.92 Å². The fourth-order valence-electron chi connectivity index (χ4n) is 2.82. The average molecular weight is 226 g/mol. The molecule has 4 rings (SSSR count). The molecule has 5 atom stereocenters. The molecule has 88 valence electrons. The third-order valence-corrected chi connectivity index (χ3v) is 3.57. The topological polar surface area (TPSA) is 54.0 Å². The first kappa shape index (κ1) is 10.1. The van der Waals surface area contributed by atoms with Crippen molar-refractivity contribution in [2.45, 2.75) is 32.0 Å². The Morgan fingerprint density at radius 3 is 3.00 bits per heavy atom. The second kappa shape index (κ2) is 3.46. The molecule has 4 bridgehead atoms. The molecule has 0 aromatic heterocycles. The van der Waals surface area contributed by atoms with Crippen LogP contribution in [0, 0.1) is 11.8 Å². The summed E-state index contributed by atoms with van der Waals surface area (Å²) in [5.41, 5.74) is 0.604. The Balaban J connectivity index is 1.93. The quantitative estimate of drug-likeness (QED) is 0.619. The molecule has 16 heavy (non-hydrogen) atoms. The lowest BCUT2D eigenvalue weighted by Crippen LogP contribution is -2.57. The highest BCUT2D eigenvalue weighted by molar-refractivity contribution is 5.89. The Morgan fingerprint density at radius 2 is 2.31 bits per heavy atom. The molecule has 5 nitrogen and oxygen atoms in total. The standard InChI is InChI=1S/C11H14O5/c1-5-9-6-3-8(15-5)16-11(9)14-4-7(6)10(12)13-2/h4-6,8-9,11H,3H2,1-2H3/t5-,6+,8+,9+,11+/m0/s1. The molecule has 0 aromatic rings. The highest BCUT2D eigenvalue weighted by Crippen LogP contribution is 2.47. The molecule has 4 aliphatic rings. The summed E-state index contributed by atoms with van der Waals surface area (Å²) < 4.78 is 21.3. The van der Waals surface area contributed by atoms with Gasteiger partial charge in [0.15, 0.2) is 6.29 Å². The molecule has 0 saturated carbocycles. The molecule has 0 unspecified atom stereocenters. The number of carbonyl (C=O) groups is 1. The lowest BCUT2D eigenvalue weighted by atomic mass is 9.75. The molecular weight excluding hydrogens is 212 g/mol. The van der Waals surface area contributed by atoms with Crippen molar-refractivity contribution in [3.05, 3.63) is 11.8 Å². The minimum absolute atomic E-state index is 0.0517. The van der Waals surface area contributed by atoms with Gasteiger partial charge in [0.2, 0.25) is 6.29 Å². The van der Waals surface area contributed by atoms with E-state index in [0.29, 0.717) is 12.0 Å². The minimum Gasteiger partial charge on any atom is -0.471 e. The Kier molecular flexibility index (Phi) is 2.19. The third-order valence-electron chi connectivity index (χ3n) is 3.57. The maximum atomic E-state index is 11.6. The van der Waals surface area contributed by atoms with Crippen LogP contribution in [0.15, 0.2) is 11.8 Å². The number of fused-ring (bicyclic) bond motifs is 1. The van der Waals surface area contributed by atoms with Crippen LogP contribution in [0.1, 0.15) is 13.3 Å². The number of methoxy groups -OCH3 is 1. The SMILES string of the molecule is COC(=O)C1=CO[C@@H]2O[C@@H]3C[C@H]1[C@H]2[C@H](C)O3. The molecular formula is C11H14O5. The molecule has 0 radical (unpaired) electrons. The summed E-state index contributed by atoms with van der Waals surface area (Å²) in [6, 6.07) is 0. The van der Waals surface area contributed by atoms with Crippen molar-refractivity contribution in [3.8, 4) is 0 Å². The first-order valence-electron chi connectivity index (χ1n) is 5.45. The van der Waals surface area contributed by atoms with Gasteiger partial charge in [-0.1, -0.05) is 0 Å². The summed E-state index contributed by atoms with van der Waals surface area (Å²) >= 11 is 0. The Hall–Kier alpha value is -1.07. The number of hydrogen-bond acceptors (Lipinski definition) is 5. The molecule has 0 amide bonds. The number of hydrogen-bond donors (Lipinski definition) is 0. The molecule has 0 N–H and O–H groups in total. The van der Waals surface area contributed by atoms with E-state index in [2.05, 4.69) is 0 Å². The number of carbonyl (C=O) groups excluding carboxylic acids is 1. The van der Waals surface area contributed by atoms with E-state index in [1.165, 1.54) is 13.4 Å². The molecule has 0 spiro atoms. The van der Waals surface area contributed by atoms with E-state index in [9.17, 15) is 4.79 Å². The molecule has 5 heteroatoms. The summed E-state index contributed by atoms with van der Waals surface area (Å²) in [6.45, 7) is 1.99. The van der Waals surface area contributed by atoms with Crippen molar-refractivity contribution in [1.29, 1.82) is 0 Å². The van der Waals surface area contributed by atoms with E-state index in [1.54, 1.807) is 0 Å². The van der Waals surface area contributed by atoms with Gasteiger partial charge in [0.1, 0.15) is 0 Å². The molecule has 3 fully saturated rings. The van der Waals surface area contributed by atoms with Crippen LogP contribution >= 0.6 is 0 Å². The van der Waals surface area contributed by atoms with Crippen LogP contribution in [0.3, 0.4) is 0 Å². The maximum Gasteiger partial charge on any atom is 0.337 e. The maximum absolute atomic E-state index is 11.6. The summed E-state index contributed by atoms with van der Waals surface area (Å²) in [5, 5.41) is 0. The summed E-state index contributed by atoms with van der Waals surface area (Å²) in [5.74, 6) is -0.0963. The van der Waals surface area contributed by atoms with Gasteiger partial charge < -0.3 is 18.9 Å². The number of ether oxygens (including phenoxy) is 4. The van der Waals surface area contributed by atoms with E-state index >= 15 is 0 Å². The van der Waals surface area contributed by atoms with Crippen LogP contribution in [0.2, 0.25) is 0 Å². The van der Waals surface area contributed by atoms with Crippen LogP contribution in [-0.2, 0) is 23.7 Å². The lowest BCUT2D eigenvalue weighted by molar-refractivity contribution is -0.363. The van der Waals surface area contributed by atoms with Gasteiger partial charge in [-0.2, -0.15) is 0 Å². The number of esters is 1. The summed E-state index contributed by atoms with van der Waals surface area (Å²) in [7, 11) is 1.38. The molecule has 3 saturated heterocycles. The van der Waals surface area contributed by atoms with Crippen LogP contribution in [0.5, 0.6) is 0 Å². The van der Waals surface area contributed by atoms with Crippen LogP contribution in [0.25, 0.3) is 0 Å². The van der Waals surface area contributed by atoms with Crippen LogP contribution < -0.4 is 0 Å².